The zero-order valence-corrected chi connectivity index (χ0v) is 18.1. The summed E-state index contributed by atoms with van der Waals surface area (Å²) in [6.07, 6.45) is -6.56. The molecule has 0 heterocycles. The minimum atomic E-state index is -6.56. The second kappa shape index (κ2) is 10.4. The number of amides is 2. The van der Waals surface area contributed by atoms with Crippen LogP contribution < -0.4 is 15.4 Å². The average molecular weight is 529 g/mol. The van der Waals surface area contributed by atoms with Gasteiger partial charge in [0.2, 0.25) is 5.91 Å². The van der Waals surface area contributed by atoms with Gasteiger partial charge < -0.3 is 15.4 Å². The number of anilines is 2. The maximum absolute atomic E-state index is 13.6. The van der Waals surface area contributed by atoms with Gasteiger partial charge in [0.15, 0.2) is 12.4 Å². The van der Waals surface area contributed by atoms with Crippen LogP contribution in [0.25, 0.3) is 0 Å². The number of nitro benzene ring substituents is 1. The highest BCUT2D eigenvalue weighted by atomic mass is 32.2. The summed E-state index contributed by atoms with van der Waals surface area (Å²) in [7, 11) is 0. The van der Waals surface area contributed by atoms with E-state index < -0.39 is 62.9 Å². The molecule has 0 aliphatic heterocycles. The van der Waals surface area contributed by atoms with Crippen LogP contribution in [0.1, 0.15) is 6.92 Å². The van der Waals surface area contributed by atoms with E-state index in [2.05, 4.69) is 10.6 Å². The predicted molar refractivity (Wildman–Crippen MR) is 110 cm³/mol. The normalized spacial score (nSPS) is 12.1. The second-order valence-electron chi connectivity index (χ2n) is 6.68. The number of thioether (sulfide) groups is 1. The Morgan fingerprint density at radius 2 is 1.60 bits per heavy atom. The molecule has 0 saturated heterocycles. The van der Waals surface area contributed by atoms with E-state index >= 15 is 0 Å². The summed E-state index contributed by atoms with van der Waals surface area (Å²) in [6.45, 7) is 0.443. The van der Waals surface area contributed by atoms with Crippen LogP contribution in [0.15, 0.2) is 47.4 Å². The average Bonchev–Trinajstić information content (AvgIpc) is 2.71. The van der Waals surface area contributed by atoms with Gasteiger partial charge in [-0.1, -0.05) is 6.07 Å². The SMILES string of the molecule is CC(=O)Nc1cccc(NC(=O)COc2ccc(SC(F)(F)C(F)(F)C(F)(F)F)cc2[N+](=O)[O-])c1. The van der Waals surface area contributed by atoms with Crippen molar-refractivity contribution in [3.63, 3.8) is 0 Å². The van der Waals surface area contributed by atoms with Crippen LogP contribution >= 0.6 is 11.8 Å². The third-order valence-corrected chi connectivity index (χ3v) is 4.92. The minimum absolute atomic E-state index is 0.221. The van der Waals surface area contributed by atoms with E-state index in [-0.39, 0.29) is 11.6 Å². The Bertz CT molecular complexity index is 1130. The zero-order chi connectivity index (χ0) is 26.6. The van der Waals surface area contributed by atoms with E-state index in [0.29, 0.717) is 23.9 Å². The molecule has 35 heavy (non-hydrogen) atoms. The first-order valence-electron chi connectivity index (χ1n) is 9.13. The Morgan fingerprint density at radius 1 is 1.00 bits per heavy atom. The Hall–Kier alpha value is -3.56. The molecule has 2 amide bonds. The van der Waals surface area contributed by atoms with Gasteiger partial charge >= 0.3 is 23.0 Å². The van der Waals surface area contributed by atoms with Gasteiger partial charge in [0.05, 0.1) is 4.92 Å². The first-order valence-corrected chi connectivity index (χ1v) is 9.95. The molecule has 2 aromatic carbocycles. The summed E-state index contributed by atoms with van der Waals surface area (Å²) in [6, 6.07) is 7.47. The first kappa shape index (κ1) is 27.7. The Kier molecular flexibility index (Phi) is 8.20. The Balaban J connectivity index is 2.13. The molecule has 8 nitrogen and oxygen atoms in total. The summed E-state index contributed by atoms with van der Waals surface area (Å²) >= 11 is -1.22. The summed E-state index contributed by atoms with van der Waals surface area (Å²) in [5.41, 5.74) is -0.478. The molecule has 190 valence electrons. The number of hydrogen-bond acceptors (Lipinski definition) is 6. The number of alkyl halides is 7. The van der Waals surface area contributed by atoms with Gasteiger partial charge in [-0.3, -0.25) is 19.7 Å². The number of carbonyl (C=O) groups excluding carboxylic acids is 2. The van der Waals surface area contributed by atoms with Crippen molar-refractivity contribution < 1.29 is 50.0 Å². The van der Waals surface area contributed by atoms with Crippen molar-refractivity contribution in [2.24, 2.45) is 0 Å². The van der Waals surface area contributed by atoms with E-state index in [1.165, 1.54) is 31.2 Å². The van der Waals surface area contributed by atoms with Crippen molar-refractivity contribution in [2.75, 3.05) is 17.2 Å². The highest BCUT2D eigenvalue weighted by molar-refractivity contribution is 8.00. The molecule has 0 atom stereocenters. The Labute approximate surface area is 196 Å². The lowest BCUT2D eigenvalue weighted by atomic mass is 10.2. The molecule has 0 bridgehead atoms. The maximum atomic E-state index is 13.6. The lowest BCUT2D eigenvalue weighted by molar-refractivity contribution is -0.386. The van der Waals surface area contributed by atoms with Crippen LogP contribution in [-0.2, 0) is 9.59 Å². The molecular weight excluding hydrogens is 515 g/mol. The molecule has 0 fully saturated rings. The number of rotatable bonds is 9. The Morgan fingerprint density at radius 3 is 2.14 bits per heavy atom. The molecule has 0 aliphatic carbocycles. The number of benzene rings is 2. The fraction of sp³-hybridized carbons (Fsp3) is 0.263. The van der Waals surface area contributed by atoms with E-state index in [1.54, 1.807) is 0 Å². The number of hydrogen-bond donors (Lipinski definition) is 2. The molecule has 0 aromatic heterocycles. The van der Waals surface area contributed by atoms with Gasteiger partial charge in [0.25, 0.3) is 5.91 Å². The fourth-order valence-corrected chi connectivity index (χ4v) is 3.27. The molecule has 16 heteroatoms. The molecule has 0 unspecified atom stereocenters. The third-order valence-electron chi connectivity index (χ3n) is 3.92. The molecular formula is C19H14F7N3O5S. The van der Waals surface area contributed by atoms with Gasteiger partial charge in [0.1, 0.15) is 0 Å². The number of nitrogens with zero attached hydrogens (tertiary/aromatic N) is 1. The lowest BCUT2D eigenvalue weighted by Gasteiger charge is -2.27. The van der Waals surface area contributed by atoms with Gasteiger partial charge in [-0.2, -0.15) is 30.7 Å². The number of carbonyl (C=O) groups is 2. The van der Waals surface area contributed by atoms with Crippen LogP contribution in [0.4, 0.5) is 47.8 Å². The number of halogens is 7. The van der Waals surface area contributed by atoms with Crippen LogP contribution in [0, 0.1) is 10.1 Å². The zero-order valence-electron chi connectivity index (χ0n) is 17.3. The van der Waals surface area contributed by atoms with Gasteiger partial charge in [-0.05, 0) is 42.1 Å². The molecule has 2 N–H and O–H groups in total. The van der Waals surface area contributed by atoms with Crippen LogP contribution in [-0.4, -0.2) is 40.7 Å². The first-order chi connectivity index (χ1) is 16.0. The van der Waals surface area contributed by atoms with Crippen LogP contribution in [0.3, 0.4) is 0 Å². The number of nitrogens with one attached hydrogen (secondary N) is 2. The van der Waals surface area contributed by atoms with E-state index in [9.17, 15) is 50.4 Å². The molecule has 2 rings (SSSR count). The smallest absolute Gasteiger partial charge is 0.460 e. The number of ether oxygens (including phenoxy) is 1. The molecule has 0 saturated carbocycles. The molecule has 2 aromatic rings. The van der Waals surface area contributed by atoms with Gasteiger partial charge in [-0.25, -0.2) is 0 Å². The van der Waals surface area contributed by atoms with Crippen molar-refractivity contribution in [1.29, 1.82) is 0 Å². The van der Waals surface area contributed by atoms with Crippen LogP contribution in [0.5, 0.6) is 5.75 Å². The van der Waals surface area contributed by atoms with Gasteiger partial charge in [-0.15, -0.1) is 0 Å². The van der Waals surface area contributed by atoms with E-state index in [1.807, 2.05) is 0 Å². The van der Waals surface area contributed by atoms with Crippen molar-refractivity contribution >= 4 is 40.6 Å². The second-order valence-corrected chi connectivity index (χ2v) is 7.86. The maximum Gasteiger partial charge on any atom is 0.460 e. The van der Waals surface area contributed by atoms with Crippen molar-refractivity contribution in [2.45, 2.75) is 29.2 Å². The monoisotopic (exact) mass is 529 g/mol. The van der Waals surface area contributed by atoms with Crippen LogP contribution in [0.2, 0.25) is 0 Å². The topological polar surface area (TPSA) is 111 Å². The van der Waals surface area contributed by atoms with Crippen molar-refractivity contribution in [1.82, 2.24) is 0 Å². The standard InChI is InChI=1S/C19H14F7N3O5S/c1-10(30)27-11-3-2-4-12(7-11)28-16(31)9-34-15-6-5-13(8-14(15)29(32)33)35-19(25,26)17(20,21)18(22,23)24/h2-8H,9H2,1H3,(H,27,30)(H,28,31). The molecule has 0 spiro atoms. The van der Waals surface area contributed by atoms with Crippen molar-refractivity contribution in [3.8, 4) is 5.75 Å². The summed E-state index contributed by atoms with van der Waals surface area (Å²) < 4.78 is 95.2. The fourth-order valence-electron chi connectivity index (χ4n) is 2.42. The summed E-state index contributed by atoms with van der Waals surface area (Å²) in [5, 5.41) is 10.4. The largest absolute Gasteiger partial charge is 0.477 e. The predicted octanol–water partition coefficient (Wildman–Crippen LogP) is 5.45. The lowest BCUT2D eigenvalue weighted by Crippen LogP contribution is -2.49. The third kappa shape index (κ3) is 6.97. The molecule has 0 aliphatic rings. The number of nitro groups is 1. The highest BCUT2D eigenvalue weighted by Crippen LogP contribution is 2.54. The van der Waals surface area contributed by atoms with E-state index in [0.717, 1.165) is 0 Å². The van der Waals surface area contributed by atoms with Gasteiger partial charge in [0, 0.05) is 29.3 Å². The summed E-state index contributed by atoms with van der Waals surface area (Å²) in [5.74, 6) is -8.24. The summed E-state index contributed by atoms with van der Waals surface area (Å²) in [4.78, 5) is 32.2. The molecule has 0 radical (unpaired) electrons. The highest BCUT2D eigenvalue weighted by Gasteiger charge is 2.73. The quantitative estimate of drug-likeness (QED) is 0.193. The minimum Gasteiger partial charge on any atom is -0.477 e. The van der Waals surface area contributed by atoms with E-state index in [4.69, 9.17) is 4.74 Å². The van der Waals surface area contributed by atoms with Crippen molar-refractivity contribution in [3.05, 3.63) is 52.6 Å².